The van der Waals surface area contributed by atoms with E-state index >= 15 is 0 Å². The van der Waals surface area contributed by atoms with Gasteiger partial charge in [0.15, 0.2) is 0 Å². The molecule has 0 unspecified atom stereocenters. The average molecular weight is 342 g/mol. The number of aryl methyl sites for hydroxylation is 1. The number of benzene rings is 1. The molecule has 0 fully saturated rings. The van der Waals surface area contributed by atoms with Crippen molar-refractivity contribution < 1.29 is 0 Å². The van der Waals surface area contributed by atoms with E-state index in [4.69, 9.17) is 11.6 Å². The van der Waals surface area contributed by atoms with Gasteiger partial charge in [-0.1, -0.05) is 35.9 Å². The van der Waals surface area contributed by atoms with Crippen molar-refractivity contribution >= 4 is 17.2 Å². The zero-order valence-electron chi connectivity index (χ0n) is 13.8. The predicted molar refractivity (Wildman–Crippen MR) is 97.8 cm³/mol. The number of rotatable bonds is 5. The number of pyridine rings is 1. The Morgan fingerprint density at radius 1 is 1.21 bits per heavy atom. The van der Waals surface area contributed by atoms with E-state index in [2.05, 4.69) is 17.2 Å². The Morgan fingerprint density at radius 2 is 1.96 bits per heavy atom. The summed E-state index contributed by atoms with van der Waals surface area (Å²) in [5, 5.41) is 4.18. The van der Waals surface area contributed by atoms with Gasteiger partial charge in [-0.2, -0.15) is 0 Å². The smallest absolute Gasteiger partial charge is 0.261 e. The Morgan fingerprint density at radius 3 is 2.75 bits per heavy atom. The number of nitrogens with one attached hydrogen (secondary N) is 1. The molecular weight excluding hydrogens is 322 g/mol. The molecule has 0 radical (unpaired) electrons. The quantitative estimate of drug-likeness (QED) is 0.772. The van der Waals surface area contributed by atoms with Gasteiger partial charge >= 0.3 is 0 Å². The van der Waals surface area contributed by atoms with Crippen LogP contribution in [-0.2, 0) is 6.42 Å². The molecule has 0 amide bonds. The summed E-state index contributed by atoms with van der Waals surface area (Å²) in [4.78, 5) is 17.1. The molecule has 1 atom stereocenters. The highest BCUT2D eigenvalue weighted by molar-refractivity contribution is 6.31. The fourth-order valence-corrected chi connectivity index (χ4v) is 3.17. The minimum absolute atomic E-state index is 0.00490. The molecule has 0 aliphatic heterocycles. The SMILES string of the molecule is Cc1nc2ccccn2c(=O)c1CCN[C@@H](C)c1ccccc1Cl. The van der Waals surface area contributed by atoms with Crippen molar-refractivity contribution in [2.75, 3.05) is 6.54 Å². The summed E-state index contributed by atoms with van der Waals surface area (Å²) in [5.41, 5.74) is 3.28. The van der Waals surface area contributed by atoms with Crippen molar-refractivity contribution in [1.82, 2.24) is 14.7 Å². The molecule has 3 aromatic rings. The summed E-state index contributed by atoms with van der Waals surface area (Å²) in [7, 11) is 0. The number of nitrogens with zero attached hydrogens (tertiary/aromatic N) is 2. The highest BCUT2D eigenvalue weighted by atomic mass is 35.5. The van der Waals surface area contributed by atoms with Crippen LogP contribution in [0, 0.1) is 6.92 Å². The predicted octanol–water partition coefficient (Wildman–Crippen LogP) is 3.55. The Hall–Kier alpha value is -2.17. The van der Waals surface area contributed by atoms with E-state index in [1.807, 2.05) is 49.4 Å². The van der Waals surface area contributed by atoms with Crippen molar-refractivity contribution in [3.63, 3.8) is 0 Å². The topological polar surface area (TPSA) is 46.4 Å². The third kappa shape index (κ3) is 3.35. The Kier molecular flexibility index (Phi) is 4.97. The molecule has 24 heavy (non-hydrogen) atoms. The summed E-state index contributed by atoms with van der Waals surface area (Å²) in [6, 6.07) is 13.5. The summed E-state index contributed by atoms with van der Waals surface area (Å²) in [6.07, 6.45) is 2.39. The van der Waals surface area contributed by atoms with E-state index in [0.717, 1.165) is 21.8 Å². The van der Waals surface area contributed by atoms with E-state index in [1.54, 1.807) is 10.6 Å². The molecule has 124 valence electrons. The molecule has 4 nitrogen and oxygen atoms in total. The van der Waals surface area contributed by atoms with E-state index in [9.17, 15) is 4.79 Å². The minimum Gasteiger partial charge on any atom is -0.310 e. The van der Waals surface area contributed by atoms with Crippen LogP contribution in [0.2, 0.25) is 5.02 Å². The molecule has 0 saturated heterocycles. The fourth-order valence-electron chi connectivity index (χ4n) is 2.87. The second-order valence-corrected chi connectivity index (χ2v) is 6.26. The van der Waals surface area contributed by atoms with Gasteiger partial charge in [-0.3, -0.25) is 9.20 Å². The van der Waals surface area contributed by atoms with E-state index in [1.165, 1.54) is 0 Å². The van der Waals surface area contributed by atoms with Crippen LogP contribution in [0.3, 0.4) is 0 Å². The molecule has 5 heteroatoms. The van der Waals surface area contributed by atoms with Crippen LogP contribution in [0.15, 0.2) is 53.5 Å². The van der Waals surface area contributed by atoms with Crippen LogP contribution >= 0.6 is 11.6 Å². The molecule has 1 N–H and O–H groups in total. The van der Waals surface area contributed by atoms with Gasteiger partial charge < -0.3 is 5.32 Å². The van der Waals surface area contributed by atoms with Crippen molar-refractivity contribution in [1.29, 1.82) is 0 Å². The van der Waals surface area contributed by atoms with E-state index in [-0.39, 0.29) is 11.6 Å². The van der Waals surface area contributed by atoms with Crippen molar-refractivity contribution in [2.24, 2.45) is 0 Å². The van der Waals surface area contributed by atoms with Gasteiger partial charge in [0, 0.05) is 35.1 Å². The average Bonchev–Trinajstić information content (AvgIpc) is 2.58. The monoisotopic (exact) mass is 341 g/mol. The molecule has 3 rings (SSSR count). The maximum Gasteiger partial charge on any atom is 0.261 e. The number of aromatic nitrogens is 2. The standard InChI is InChI=1S/C19H20ClN3O/c1-13(15-7-3-4-8-17(15)20)21-11-10-16-14(2)22-18-9-5-6-12-23(18)19(16)24/h3-9,12-13,21H,10-11H2,1-2H3/t13-/m0/s1. The third-order valence-electron chi connectivity index (χ3n) is 4.23. The molecule has 0 saturated carbocycles. The van der Waals surface area contributed by atoms with Crippen LogP contribution in [0.5, 0.6) is 0 Å². The molecule has 1 aromatic carbocycles. The van der Waals surface area contributed by atoms with Crippen molar-refractivity contribution in [2.45, 2.75) is 26.3 Å². The zero-order valence-corrected chi connectivity index (χ0v) is 14.5. The van der Waals surface area contributed by atoms with E-state index in [0.29, 0.717) is 18.6 Å². The Bertz CT molecular complexity index is 920. The summed E-state index contributed by atoms with van der Waals surface area (Å²) < 4.78 is 1.60. The van der Waals surface area contributed by atoms with Crippen molar-refractivity contribution in [3.8, 4) is 0 Å². The lowest BCUT2D eigenvalue weighted by Gasteiger charge is -2.16. The number of halogens is 1. The molecule has 0 aliphatic carbocycles. The fraction of sp³-hybridized carbons (Fsp3) is 0.263. The normalized spacial score (nSPS) is 12.5. The number of hydrogen-bond donors (Lipinski definition) is 1. The molecule has 0 spiro atoms. The second-order valence-electron chi connectivity index (χ2n) is 5.86. The second kappa shape index (κ2) is 7.16. The number of hydrogen-bond acceptors (Lipinski definition) is 3. The maximum absolute atomic E-state index is 12.6. The summed E-state index contributed by atoms with van der Waals surface area (Å²) in [6.45, 7) is 4.64. The molecule has 0 bridgehead atoms. The first-order valence-corrected chi connectivity index (χ1v) is 8.40. The van der Waals surface area contributed by atoms with Crippen LogP contribution < -0.4 is 10.9 Å². The van der Waals surface area contributed by atoms with Gasteiger partial charge in [0.05, 0.1) is 0 Å². The lowest BCUT2D eigenvalue weighted by molar-refractivity contribution is 0.574. The van der Waals surface area contributed by atoms with Gasteiger partial charge in [-0.15, -0.1) is 0 Å². The Labute approximate surface area is 146 Å². The lowest BCUT2D eigenvalue weighted by atomic mass is 10.1. The first-order valence-electron chi connectivity index (χ1n) is 8.02. The van der Waals surface area contributed by atoms with Gasteiger partial charge in [0.2, 0.25) is 0 Å². The molecule has 0 aliphatic rings. The first kappa shape index (κ1) is 16.7. The number of fused-ring (bicyclic) bond motifs is 1. The highest BCUT2D eigenvalue weighted by Crippen LogP contribution is 2.21. The summed E-state index contributed by atoms with van der Waals surface area (Å²) >= 11 is 6.23. The molecular formula is C19H20ClN3O. The van der Waals surface area contributed by atoms with Gasteiger partial charge in [0.1, 0.15) is 5.65 Å². The molecule has 2 heterocycles. The minimum atomic E-state index is 0.00490. The molecule has 2 aromatic heterocycles. The highest BCUT2D eigenvalue weighted by Gasteiger charge is 2.11. The van der Waals surface area contributed by atoms with E-state index < -0.39 is 0 Å². The Balaban J connectivity index is 1.74. The van der Waals surface area contributed by atoms with Crippen molar-refractivity contribution in [3.05, 3.63) is 80.9 Å². The third-order valence-corrected chi connectivity index (χ3v) is 4.58. The van der Waals surface area contributed by atoms with Crippen LogP contribution in [0.1, 0.15) is 29.8 Å². The zero-order chi connectivity index (χ0) is 17.1. The first-order chi connectivity index (χ1) is 11.6. The van der Waals surface area contributed by atoms with Crippen LogP contribution in [-0.4, -0.2) is 15.9 Å². The summed E-state index contributed by atoms with van der Waals surface area (Å²) in [5.74, 6) is 0. The largest absolute Gasteiger partial charge is 0.310 e. The van der Waals surface area contributed by atoms with Gasteiger partial charge in [0.25, 0.3) is 5.56 Å². The van der Waals surface area contributed by atoms with Gasteiger partial charge in [-0.05, 0) is 44.0 Å². The maximum atomic E-state index is 12.6. The lowest BCUT2D eigenvalue weighted by Crippen LogP contribution is -2.27. The van der Waals surface area contributed by atoms with Gasteiger partial charge in [-0.25, -0.2) is 4.98 Å². The van der Waals surface area contributed by atoms with Crippen LogP contribution in [0.4, 0.5) is 0 Å². The van der Waals surface area contributed by atoms with Crippen LogP contribution in [0.25, 0.3) is 5.65 Å².